The van der Waals surface area contributed by atoms with Crippen LogP contribution >= 0.6 is 0 Å². The number of aliphatic hydroxyl groups is 1. The quantitative estimate of drug-likeness (QED) is 0.671. The van der Waals surface area contributed by atoms with E-state index in [0.717, 1.165) is 0 Å². The fourth-order valence-corrected chi connectivity index (χ4v) is 6.06. The van der Waals surface area contributed by atoms with Gasteiger partial charge in [-0.3, -0.25) is 0 Å². The molecule has 6 unspecified atom stereocenters. The third-order valence-electron chi connectivity index (χ3n) is 8.09. The standard InChI is InChI=1S/C18H34O/c1-11-12(2)17(9)10-16(11,8)13(3)18(19,14(17)4)15(5,6)7/h11-14,19H,10H2,1-9H3. The third-order valence-corrected chi connectivity index (χ3v) is 8.09. The molecule has 0 saturated heterocycles. The van der Waals surface area contributed by atoms with Gasteiger partial charge in [0.25, 0.3) is 0 Å². The number of rotatable bonds is 0. The van der Waals surface area contributed by atoms with E-state index in [2.05, 4.69) is 62.3 Å². The Morgan fingerprint density at radius 1 is 0.842 bits per heavy atom. The maximum Gasteiger partial charge on any atom is 0.0757 e. The van der Waals surface area contributed by atoms with Crippen molar-refractivity contribution in [1.29, 1.82) is 0 Å². The molecule has 0 aromatic rings. The molecule has 2 aliphatic carbocycles. The molecule has 2 fully saturated rings. The van der Waals surface area contributed by atoms with Crippen LogP contribution in [0.4, 0.5) is 0 Å². The number of hydrogen-bond donors (Lipinski definition) is 1. The lowest BCUT2D eigenvalue weighted by atomic mass is 9.47. The van der Waals surface area contributed by atoms with Crippen LogP contribution in [0.15, 0.2) is 0 Å². The second kappa shape index (κ2) is 3.78. The van der Waals surface area contributed by atoms with Crippen LogP contribution in [0.3, 0.4) is 0 Å². The van der Waals surface area contributed by atoms with Gasteiger partial charge in [0.15, 0.2) is 0 Å². The van der Waals surface area contributed by atoms with E-state index in [0.29, 0.717) is 23.7 Å². The first-order chi connectivity index (χ1) is 8.33. The molecule has 0 aromatic carbocycles. The Bertz CT molecular complexity index is 354. The minimum atomic E-state index is -0.576. The van der Waals surface area contributed by atoms with Crippen LogP contribution in [0.25, 0.3) is 0 Å². The van der Waals surface area contributed by atoms with Crippen molar-refractivity contribution in [3.63, 3.8) is 0 Å². The molecule has 1 heteroatoms. The van der Waals surface area contributed by atoms with Crippen LogP contribution in [-0.4, -0.2) is 10.7 Å². The van der Waals surface area contributed by atoms with E-state index in [1.54, 1.807) is 0 Å². The highest BCUT2D eigenvalue weighted by molar-refractivity contribution is 5.19. The molecular formula is C18H34O. The minimum absolute atomic E-state index is 0.0709. The Kier molecular flexibility index (Phi) is 3.06. The van der Waals surface area contributed by atoms with E-state index >= 15 is 0 Å². The van der Waals surface area contributed by atoms with Crippen LogP contribution < -0.4 is 0 Å². The molecule has 112 valence electrons. The molecule has 0 aliphatic heterocycles. The molecule has 0 heterocycles. The van der Waals surface area contributed by atoms with E-state index < -0.39 is 5.60 Å². The normalized spacial score (nSPS) is 58.4. The summed E-state index contributed by atoms with van der Waals surface area (Å²) < 4.78 is 0. The highest BCUT2D eigenvalue weighted by Crippen LogP contribution is 2.72. The van der Waals surface area contributed by atoms with Crippen LogP contribution in [0.2, 0.25) is 0 Å². The van der Waals surface area contributed by atoms with E-state index in [4.69, 9.17) is 0 Å². The van der Waals surface area contributed by atoms with Crippen molar-refractivity contribution in [1.82, 2.24) is 0 Å². The summed E-state index contributed by atoms with van der Waals surface area (Å²) in [7, 11) is 0. The van der Waals surface area contributed by atoms with E-state index in [9.17, 15) is 5.11 Å². The van der Waals surface area contributed by atoms with Gasteiger partial charge in [0.1, 0.15) is 0 Å². The molecule has 0 amide bonds. The van der Waals surface area contributed by atoms with Crippen molar-refractivity contribution >= 4 is 0 Å². The Labute approximate surface area is 120 Å². The van der Waals surface area contributed by atoms with Gasteiger partial charge in [0, 0.05) is 0 Å². The summed E-state index contributed by atoms with van der Waals surface area (Å²) in [4.78, 5) is 0. The fraction of sp³-hybridized carbons (Fsp3) is 1.00. The molecule has 2 rings (SSSR count). The lowest BCUT2D eigenvalue weighted by Crippen LogP contribution is -2.63. The van der Waals surface area contributed by atoms with Crippen molar-refractivity contribution in [2.45, 2.75) is 74.3 Å². The maximum absolute atomic E-state index is 11.7. The van der Waals surface area contributed by atoms with Gasteiger partial charge in [-0.1, -0.05) is 62.3 Å². The SMILES string of the molecule is CC1C(C)C2(C)CC1(C)C(C)C(O)(C(C)(C)C)C2C. The van der Waals surface area contributed by atoms with Crippen LogP contribution in [0.1, 0.15) is 68.7 Å². The predicted octanol–water partition coefficient (Wildman–Crippen LogP) is 4.74. The summed E-state index contributed by atoms with van der Waals surface area (Å²) in [5.41, 5.74) is -0.113. The van der Waals surface area contributed by atoms with E-state index in [-0.39, 0.29) is 16.2 Å². The van der Waals surface area contributed by atoms with Gasteiger partial charge in [-0.05, 0) is 46.3 Å². The number of hydrogen-bond acceptors (Lipinski definition) is 1. The second-order valence-electron chi connectivity index (χ2n) is 9.28. The van der Waals surface area contributed by atoms with Gasteiger partial charge in [-0.2, -0.15) is 0 Å². The molecule has 1 nitrogen and oxygen atoms in total. The molecule has 2 saturated carbocycles. The van der Waals surface area contributed by atoms with Gasteiger partial charge in [0.05, 0.1) is 5.60 Å². The molecule has 0 aromatic heterocycles. The highest BCUT2D eigenvalue weighted by atomic mass is 16.3. The van der Waals surface area contributed by atoms with Crippen molar-refractivity contribution < 1.29 is 5.11 Å². The molecule has 1 N–H and O–H groups in total. The monoisotopic (exact) mass is 266 g/mol. The predicted molar refractivity (Wildman–Crippen MR) is 81.9 cm³/mol. The van der Waals surface area contributed by atoms with Crippen LogP contribution in [0, 0.1) is 39.9 Å². The van der Waals surface area contributed by atoms with E-state index in [1.165, 1.54) is 6.42 Å². The Balaban J connectivity index is 2.64. The third kappa shape index (κ3) is 1.51. The zero-order valence-electron chi connectivity index (χ0n) is 14.5. The molecular weight excluding hydrogens is 232 g/mol. The average Bonchev–Trinajstić information content (AvgIpc) is 2.45. The lowest BCUT2D eigenvalue weighted by molar-refractivity contribution is -0.218. The highest BCUT2D eigenvalue weighted by Gasteiger charge is 2.70. The Hall–Kier alpha value is -0.0400. The zero-order chi connectivity index (χ0) is 15.0. The number of fused-ring (bicyclic) bond motifs is 2. The summed E-state index contributed by atoms with van der Waals surface area (Å²) >= 11 is 0. The van der Waals surface area contributed by atoms with Gasteiger partial charge in [-0.25, -0.2) is 0 Å². The first-order valence-electron chi connectivity index (χ1n) is 8.06. The van der Waals surface area contributed by atoms with Crippen molar-refractivity contribution in [3.05, 3.63) is 0 Å². The van der Waals surface area contributed by atoms with Crippen LogP contribution in [0.5, 0.6) is 0 Å². The maximum atomic E-state index is 11.7. The van der Waals surface area contributed by atoms with Crippen molar-refractivity contribution in [2.24, 2.45) is 39.9 Å². The summed E-state index contributed by atoms with van der Waals surface area (Å²) in [5, 5.41) is 11.7. The molecule has 6 atom stereocenters. The van der Waals surface area contributed by atoms with Gasteiger partial charge in [-0.15, -0.1) is 0 Å². The van der Waals surface area contributed by atoms with Crippen LogP contribution in [-0.2, 0) is 0 Å². The first-order valence-corrected chi connectivity index (χ1v) is 8.06. The second-order valence-corrected chi connectivity index (χ2v) is 9.28. The first kappa shape index (κ1) is 15.4. The smallest absolute Gasteiger partial charge is 0.0757 e. The van der Waals surface area contributed by atoms with Gasteiger partial charge >= 0.3 is 0 Å². The molecule has 2 bridgehead atoms. The molecule has 19 heavy (non-hydrogen) atoms. The van der Waals surface area contributed by atoms with Gasteiger partial charge in [0.2, 0.25) is 0 Å². The summed E-state index contributed by atoms with van der Waals surface area (Å²) in [6, 6.07) is 0. The van der Waals surface area contributed by atoms with Gasteiger partial charge < -0.3 is 5.11 Å². The minimum Gasteiger partial charge on any atom is -0.389 e. The Morgan fingerprint density at radius 2 is 1.16 bits per heavy atom. The molecule has 2 aliphatic rings. The van der Waals surface area contributed by atoms with E-state index in [1.807, 2.05) is 0 Å². The summed E-state index contributed by atoms with van der Waals surface area (Å²) in [6.45, 7) is 20.9. The molecule has 0 radical (unpaired) electrons. The molecule has 0 spiro atoms. The Morgan fingerprint density at radius 3 is 1.42 bits per heavy atom. The summed E-state index contributed by atoms with van der Waals surface area (Å²) in [6.07, 6.45) is 1.27. The average molecular weight is 266 g/mol. The van der Waals surface area contributed by atoms with Crippen molar-refractivity contribution in [3.8, 4) is 0 Å². The van der Waals surface area contributed by atoms with Crippen molar-refractivity contribution in [2.75, 3.05) is 0 Å². The largest absolute Gasteiger partial charge is 0.389 e. The lowest BCUT2D eigenvalue weighted by Gasteiger charge is -2.61. The topological polar surface area (TPSA) is 20.2 Å². The zero-order valence-corrected chi connectivity index (χ0v) is 14.5. The summed E-state index contributed by atoms with van der Waals surface area (Å²) in [5.74, 6) is 2.07. The fourth-order valence-electron chi connectivity index (χ4n) is 6.06.